The first-order valence-corrected chi connectivity index (χ1v) is 6.53. The summed E-state index contributed by atoms with van der Waals surface area (Å²) in [5.74, 6) is 1.54. The van der Waals surface area contributed by atoms with Crippen LogP contribution in [0.1, 0.15) is 24.6 Å². The summed E-state index contributed by atoms with van der Waals surface area (Å²) in [4.78, 5) is 4.23. The monoisotopic (exact) mass is 257 g/mol. The molecule has 3 heteroatoms. The third-order valence-corrected chi connectivity index (χ3v) is 2.87. The molecular weight excluding hydrogens is 238 g/mol. The van der Waals surface area contributed by atoms with Crippen LogP contribution in [0.5, 0.6) is 11.5 Å². The average molecular weight is 257 g/mol. The normalized spacial score (nSPS) is 10.2. The van der Waals surface area contributed by atoms with Gasteiger partial charge in [0.25, 0.3) is 0 Å². The molecular formula is C16H19NO2. The van der Waals surface area contributed by atoms with E-state index in [2.05, 4.69) is 18.0 Å². The number of hydrogen-bond donors (Lipinski definition) is 0. The number of methoxy groups -OCH3 is 1. The smallest absolute Gasteiger partial charge is 0.161 e. The second kappa shape index (κ2) is 6.78. The number of nitrogens with zero attached hydrogens (tertiary/aromatic N) is 1. The van der Waals surface area contributed by atoms with E-state index in [4.69, 9.17) is 9.47 Å². The molecule has 1 heterocycles. The second-order valence-corrected chi connectivity index (χ2v) is 4.34. The standard InChI is InChI=1S/C16H19NO2/c1-3-6-13-8-9-15(16(11-13)18-2)19-12-14-7-4-5-10-17-14/h4-5,7-11H,3,6,12H2,1-2H3. The van der Waals surface area contributed by atoms with Gasteiger partial charge in [-0.05, 0) is 36.2 Å². The minimum atomic E-state index is 0.449. The molecule has 0 spiro atoms. The van der Waals surface area contributed by atoms with Gasteiger partial charge in [0, 0.05) is 6.20 Å². The molecule has 0 aliphatic rings. The van der Waals surface area contributed by atoms with Crippen LogP contribution < -0.4 is 9.47 Å². The van der Waals surface area contributed by atoms with Crippen molar-refractivity contribution in [3.05, 3.63) is 53.9 Å². The molecule has 1 aromatic heterocycles. The van der Waals surface area contributed by atoms with Crippen LogP contribution in [0.15, 0.2) is 42.6 Å². The lowest BCUT2D eigenvalue weighted by atomic mass is 10.1. The zero-order valence-electron chi connectivity index (χ0n) is 11.4. The van der Waals surface area contributed by atoms with Gasteiger partial charge in [-0.2, -0.15) is 0 Å². The first-order chi connectivity index (χ1) is 9.33. The van der Waals surface area contributed by atoms with Crippen LogP contribution >= 0.6 is 0 Å². The van der Waals surface area contributed by atoms with Crippen molar-refractivity contribution in [2.45, 2.75) is 26.4 Å². The Morgan fingerprint density at radius 1 is 1.11 bits per heavy atom. The minimum absolute atomic E-state index is 0.449. The molecule has 0 saturated carbocycles. The van der Waals surface area contributed by atoms with Gasteiger partial charge in [-0.25, -0.2) is 0 Å². The lowest BCUT2D eigenvalue weighted by Crippen LogP contribution is -2.00. The fourth-order valence-electron chi connectivity index (χ4n) is 1.91. The second-order valence-electron chi connectivity index (χ2n) is 4.34. The maximum Gasteiger partial charge on any atom is 0.161 e. The number of aryl methyl sites for hydroxylation is 1. The van der Waals surface area contributed by atoms with Crippen molar-refractivity contribution >= 4 is 0 Å². The summed E-state index contributed by atoms with van der Waals surface area (Å²) in [7, 11) is 1.67. The van der Waals surface area contributed by atoms with E-state index in [1.807, 2.05) is 30.3 Å². The molecule has 2 rings (SSSR count). The highest BCUT2D eigenvalue weighted by Crippen LogP contribution is 2.29. The fraction of sp³-hybridized carbons (Fsp3) is 0.312. The molecule has 0 radical (unpaired) electrons. The van der Waals surface area contributed by atoms with Gasteiger partial charge in [-0.1, -0.05) is 25.5 Å². The van der Waals surface area contributed by atoms with Crippen molar-refractivity contribution < 1.29 is 9.47 Å². The Kier molecular flexibility index (Phi) is 4.78. The van der Waals surface area contributed by atoms with Crippen LogP contribution in [-0.4, -0.2) is 12.1 Å². The molecule has 2 aromatic rings. The van der Waals surface area contributed by atoms with Gasteiger partial charge < -0.3 is 9.47 Å². The maximum absolute atomic E-state index is 5.76. The van der Waals surface area contributed by atoms with Crippen molar-refractivity contribution in [3.8, 4) is 11.5 Å². The Morgan fingerprint density at radius 2 is 2.00 bits per heavy atom. The summed E-state index contributed by atoms with van der Waals surface area (Å²) in [5.41, 5.74) is 2.17. The number of benzene rings is 1. The molecule has 0 fully saturated rings. The highest BCUT2D eigenvalue weighted by atomic mass is 16.5. The molecule has 0 bridgehead atoms. The van der Waals surface area contributed by atoms with Crippen molar-refractivity contribution in [1.29, 1.82) is 0 Å². The Hall–Kier alpha value is -2.03. The lowest BCUT2D eigenvalue weighted by Gasteiger charge is -2.11. The molecule has 0 N–H and O–H groups in total. The van der Waals surface area contributed by atoms with Crippen molar-refractivity contribution in [3.63, 3.8) is 0 Å². The van der Waals surface area contributed by atoms with E-state index in [1.54, 1.807) is 13.3 Å². The highest BCUT2D eigenvalue weighted by Gasteiger charge is 2.06. The number of ether oxygens (including phenoxy) is 2. The molecule has 1 aromatic carbocycles. The molecule has 0 saturated heterocycles. The largest absolute Gasteiger partial charge is 0.493 e. The number of rotatable bonds is 6. The van der Waals surface area contributed by atoms with E-state index in [0.29, 0.717) is 6.61 Å². The quantitative estimate of drug-likeness (QED) is 0.792. The average Bonchev–Trinajstić information content (AvgIpc) is 2.47. The predicted molar refractivity (Wildman–Crippen MR) is 75.6 cm³/mol. The van der Waals surface area contributed by atoms with E-state index >= 15 is 0 Å². The van der Waals surface area contributed by atoms with Crippen LogP contribution in [0.3, 0.4) is 0 Å². The minimum Gasteiger partial charge on any atom is -0.493 e. The molecule has 0 unspecified atom stereocenters. The Morgan fingerprint density at radius 3 is 2.68 bits per heavy atom. The van der Waals surface area contributed by atoms with Gasteiger partial charge in [0.1, 0.15) is 6.61 Å². The summed E-state index contributed by atoms with van der Waals surface area (Å²) >= 11 is 0. The van der Waals surface area contributed by atoms with Gasteiger partial charge in [-0.15, -0.1) is 0 Å². The summed E-state index contributed by atoms with van der Waals surface area (Å²) in [5, 5.41) is 0. The van der Waals surface area contributed by atoms with Crippen molar-refractivity contribution in [2.24, 2.45) is 0 Å². The van der Waals surface area contributed by atoms with E-state index in [9.17, 15) is 0 Å². The van der Waals surface area contributed by atoms with Gasteiger partial charge >= 0.3 is 0 Å². The third-order valence-electron chi connectivity index (χ3n) is 2.87. The van der Waals surface area contributed by atoms with Crippen LogP contribution in [0.25, 0.3) is 0 Å². The highest BCUT2D eigenvalue weighted by molar-refractivity contribution is 5.43. The summed E-state index contributed by atoms with van der Waals surface area (Å²) in [6, 6.07) is 11.9. The molecule has 0 atom stereocenters. The lowest BCUT2D eigenvalue weighted by molar-refractivity contribution is 0.280. The predicted octanol–water partition coefficient (Wildman–Crippen LogP) is 3.62. The fourth-order valence-corrected chi connectivity index (χ4v) is 1.91. The topological polar surface area (TPSA) is 31.4 Å². The first-order valence-electron chi connectivity index (χ1n) is 6.53. The molecule has 100 valence electrons. The van der Waals surface area contributed by atoms with E-state index in [-0.39, 0.29) is 0 Å². The van der Waals surface area contributed by atoms with Crippen molar-refractivity contribution in [1.82, 2.24) is 4.98 Å². The van der Waals surface area contributed by atoms with Crippen LogP contribution in [0.4, 0.5) is 0 Å². The van der Waals surface area contributed by atoms with E-state index in [1.165, 1.54) is 5.56 Å². The van der Waals surface area contributed by atoms with Gasteiger partial charge in [0.05, 0.1) is 12.8 Å². The summed E-state index contributed by atoms with van der Waals surface area (Å²) in [6.45, 7) is 2.61. The molecule has 0 amide bonds. The maximum atomic E-state index is 5.76. The summed E-state index contributed by atoms with van der Waals surface area (Å²) < 4.78 is 11.1. The van der Waals surface area contributed by atoms with Crippen LogP contribution in [0, 0.1) is 0 Å². The molecule has 0 aliphatic heterocycles. The number of hydrogen-bond acceptors (Lipinski definition) is 3. The van der Waals surface area contributed by atoms with Gasteiger partial charge in [-0.3, -0.25) is 4.98 Å². The Balaban J connectivity index is 2.07. The zero-order valence-corrected chi connectivity index (χ0v) is 11.4. The van der Waals surface area contributed by atoms with Crippen LogP contribution in [0.2, 0.25) is 0 Å². The first kappa shape index (κ1) is 13.4. The molecule has 19 heavy (non-hydrogen) atoms. The molecule has 0 aliphatic carbocycles. The zero-order chi connectivity index (χ0) is 13.5. The summed E-state index contributed by atoms with van der Waals surface area (Å²) in [6.07, 6.45) is 3.94. The number of pyridine rings is 1. The van der Waals surface area contributed by atoms with Crippen molar-refractivity contribution in [2.75, 3.05) is 7.11 Å². The van der Waals surface area contributed by atoms with Crippen LogP contribution in [-0.2, 0) is 13.0 Å². The van der Waals surface area contributed by atoms with Gasteiger partial charge in [0.15, 0.2) is 11.5 Å². The van der Waals surface area contributed by atoms with E-state index in [0.717, 1.165) is 30.0 Å². The van der Waals surface area contributed by atoms with E-state index < -0.39 is 0 Å². The Labute approximate surface area is 114 Å². The SMILES string of the molecule is CCCc1ccc(OCc2ccccn2)c(OC)c1. The number of aromatic nitrogens is 1. The van der Waals surface area contributed by atoms with Gasteiger partial charge in [0.2, 0.25) is 0 Å². The Bertz CT molecular complexity index is 511. The third kappa shape index (κ3) is 3.71. The molecule has 3 nitrogen and oxygen atoms in total.